The average Bonchev–Trinajstić information content (AvgIpc) is 3.36. The van der Waals surface area contributed by atoms with Crippen molar-refractivity contribution in [3.63, 3.8) is 0 Å². The number of fused-ring (bicyclic) bond motifs is 1. The minimum atomic E-state index is -0.259. The van der Waals surface area contributed by atoms with E-state index in [1.165, 1.54) is 5.57 Å². The Balaban J connectivity index is 1.29. The van der Waals surface area contributed by atoms with Gasteiger partial charge in [-0.2, -0.15) is 4.80 Å². The van der Waals surface area contributed by atoms with Gasteiger partial charge in [-0.25, -0.2) is 0 Å². The smallest absolute Gasteiger partial charge is 0.305 e. The van der Waals surface area contributed by atoms with E-state index in [-0.39, 0.29) is 11.6 Å². The second-order valence-electron chi connectivity index (χ2n) is 9.02. The van der Waals surface area contributed by atoms with Crippen molar-refractivity contribution in [3.8, 4) is 17.1 Å². The molecule has 0 aliphatic carbocycles. The SMILES string of the molecule is CCOC(=O)CCCCn1nnc(-c2ccc(C3=CC4(CCNCC4)Oc4ccccc43)cc2)n1. The maximum absolute atomic E-state index is 11.5. The first-order chi connectivity index (χ1) is 17.2. The quantitative estimate of drug-likeness (QED) is 0.390. The topological polar surface area (TPSA) is 91.2 Å². The van der Waals surface area contributed by atoms with Crippen molar-refractivity contribution in [3.05, 3.63) is 65.7 Å². The van der Waals surface area contributed by atoms with Gasteiger partial charge >= 0.3 is 5.97 Å². The molecule has 0 unspecified atom stereocenters. The molecule has 1 N–H and O–H groups in total. The Morgan fingerprint density at radius 2 is 1.86 bits per heavy atom. The number of rotatable bonds is 8. The Bertz CT molecular complexity index is 1200. The number of para-hydroxylation sites is 1. The molecule has 182 valence electrons. The second-order valence-corrected chi connectivity index (χ2v) is 9.02. The van der Waals surface area contributed by atoms with Gasteiger partial charge in [-0.15, -0.1) is 10.2 Å². The number of ether oxygens (including phenoxy) is 2. The van der Waals surface area contributed by atoms with Crippen LogP contribution in [0, 0.1) is 0 Å². The molecule has 8 nitrogen and oxygen atoms in total. The van der Waals surface area contributed by atoms with Crippen LogP contribution in [0.1, 0.15) is 50.2 Å². The number of unbranched alkanes of at least 4 members (excludes halogenated alkanes) is 1. The highest BCUT2D eigenvalue weighted by Crippen LogP contribution is 2.42. The molecule has 35 heavy (non-hydrogen) atoms. The summed E-state index contributed by atoms with van der Waals surface area (Å²) in [5, 5.41) is 16.3. The van der Waals surface area contributed by atoms with E-state index < -0.39 is 0 Å². The molecular formula is C27H31N5O3. The summed E-state index contributed by atoms with van der Waals surface area (Å²) >= 11 is 0. The number of carbonyl (C=O) groups is 1. The van der Waals surface area contributed by atoms with Crippen LogP contribution in [0.3, 0.4) is 0 Å². The van der Waals surface area contributed by atoms with Crippen molar-refractivity contribution in [2.75, 3.05) is 19.7 Å². The predicted octanol–water partition coefficient (Wildman–Crippen LogP) is 4.02. The molecule has 3 aromatic rings. The van der Waals surface area contributed by atoms with Crippen LogP contribution in [-0.2, 0) is 16.1 Å². The lowest BCUT2D eigenvalue weighted by Crippen LogP contribution is -2.46. The van der Waals surface area contributed by atoms with Crippen LogP contribution in [0.4, 0.5) is 0 Å². The summed E-state index contributed by atoms with van der Waals surface area (Å²) in [6.45, 7) is 4.76. The summed E-state index contributed by atoms with van der Waals surface area (Å²) < 4.78 is 11.5. The van der Waals surface area contributed by atoms with E-state index in [4.69, 9.17) is 9.47 Å². The average molecular weight is 474 g/mol. The maximum atomic E-state index is 11.5. The lowest BCUT2D eigenvalue weighted by atomic mass is 9.83. The summed E-state index contributed by atoms with van der Waals surface area (Å²) in [5.41, 5.74) is 4.14. The molecule has 3 heterocycles. The molecule has 1 saturated heterocycles. The summed E-state index contributed by atoms with van der Waals surface area (Å²) in [4.78, 5) is 13.0. The van der Waals surface area contributed by atoms with Gasteiger partial charge in [0.15, 0.2) is 0 Å². The Kier molecular flexibility index (Phi) is 6.90. The molecule has 0 amide bonds. The van der Waals surface area contributed by atoms with E-state index in [0.717, 1.165) is 61.2 Å². The fraction of sp³-hybridized carbons (Fsp3) is 0.407. The second kappa shape index (κ2) is 10.4. The van der Waals surface area contributed by atoms with Crippen molar-refractivity contribution in [2.45, 2.75) is 51.2 Å². The molecular weight excluding hydrogens is 442 g/mol. The first-order valence-corrected chi connectivity index (χ1v) is 12.4. The molecule has 0 saturated carbocycles. The van der Waals surface area contributed by atoms with Crippen LogP contribution in [0.2, 0.25) is 0 Å². The third-order valence-corrected chi connectivity index (χ3v) is 6.55. The van der Waals surface area contributed by atoms with Crippen molar-refractivity contribution in [1.82, 2.24) is 25.5 Å². The lowest BCUT2D eigenvalue weighted by Gasteiger charge is -2.40. The first-order valence-electron chi connectivity index (χ1n) is 12.4. The van der Waals surface area contributed by atoms with E-state index in [0.29, 0.717) is 25.4 Å². The maximum Gasteiger partial charge on any atom is 0.305 e. The molecule has 8 heteroatoms. The summed E-state index contributed by atoms with van der Waals surface area (Å²) in [7, 11) is 0. The van der Waals surface area contributed by atoms with Gasteiger partial charge in [-0.1, -0.05) is 42.5 Å². The minimum absolute atomic E-state index is 0.159. The third-order valence-electron chi connectivity index (χ3n) is 6.55. The molecule has 2 aliphatic rings. The van der Waals surface area contributed by atoms with E-state index in [9.17, 15) is 4.79 Å². The number of nitrogens with zero attached hydrogens (tertiary/aromatic N) is 4. The highest BCUT2D eigenvalue weighted by atomic mass is 16.5. The predicted molar refractivity (Wildman–Crippen MR) is 133 cm³/mol. The molecule has 1 spiro atoms. The van der Waals surface area contributed by atoms with Gasteiger partial charge in [0.25, 0.3) is 0 Å². The monoisotopic (exact) mass is 473 g/mol. The number of aryl methyl sites for hydroxylation is 1. The number of aromatic nitrogens is 4. The molecule has 1 fully saturated rings. The van der Waals surface area contributed by atoms with Gasteiger partial charge in [0, 0.05) is 30.4 Å². The van der Waals surface area contributed by atoms with Gasteiger partial charge in [0.05, 0.1) is 13.2 Å². The molecule has 1 aromatic heterocycles. The Hall–Kier alpha value is -3.52. The van der Waals surface area contributed by atoms with Gasteiger partial charge < -0.3 is 14.8 Å². The zero-order chi connectivity index (χ0) is 24.1. The van der Waals surface area contributed by atoms with Crippen molar-refractivity contribution < 1.29 is 14.3 Å². The minimum Gasteiger partial charge on any atom is -0.482 e. The van der Waals surface area contributed by atoms with Crippen molar-refractivity contribution in [2.24, 2.45) is 0 Å². The van der Waals surface area contributed by atoms with Crippen LogP contribution < -0.4 is 10.1 Å². The highest BCUT2D eigenvalue weighted by molar-refractivity contribution is 5.85. The van der Waals surface area contributed by atoms with Gasteiger partial charge in [-0.05, 0) is 61.3 Å². The number of nitrogens with one attached hydrogen (secondary N) is 1. The number of esters is 1. The zero-order valence-corrected chi connectivity index (χ0v) is 20.1. The van der Waals surface area contributed by atoms with Crippen LogP contribution in [0.25, 0.3) is 17.0 Å². The van der Waals surface area contributed by atoms with Gasteiger partial charge in [-0.3, -0.25) is 4.79 Å². The standard InChI is InChI=1S/C27H31N5O3/c1-2-34-25(33)9-5-6-18-32-30-26(29-31-32)21-12-10-20(11-13-21)23-19-27(14-16-28-17-15-27)35-24-8-4-3-7-22(23)24/h3-4,7-8,10-13,19,28H,2,5-6,9,14-18H2,1H3. The zero-order valence-electron chi connectivity index (χ0n) is 20.1. The molecule has 5 rings (SSSR count). The van der Waals surface area contributed by atoms with E-state index in [1.54, 1.807) is 4.80 Å². The van der Waals surface area contributed by atoms with Crippen LogP contribution in [-0.4, -0.2) is 51.5 Å². The molecule has 2 aromatic carbocycles. The fourth-order valence-electron chi connectivity index (χ4n) is 4.71. The van der Waals surface area contributed by atoms with E-state index in [2.05, 4.69) is 57.1 Å². The molecule has 0 radical (unpaired) electrons. The fourth-order valence-corrected chi connectivity index (χ4v) is 4.71. The van der Waals surface area contributed by atoms with Crippen molar-refractivity contribution >= 4 is 11.5 Å². The van der Waals surface area contributed by atoms with Gasteiger partial charge in [0.2, 0.25) is 5.82 Å². The molecule has 0 atom stereocenters. The lowest BCUT2D eigenvalue weighted by molar-refractivity contribution is -0.143. The first kappa shape index (κ1) is 23.2. The third kappa shape index (κ3) is 5.27. The normalized spacial score (nSPS) is 16.3. The van der Waals surface area contributed by atoms with E-state index >= 15 is 0 Å². The Labute approximate surface area is 205 Å². The largest absolute Gasteiger partial charge is 0.482 e. The summed E-state index contributed by atoms with van der Waals surface area (Å²) in [5.74, 6) is 1.38. The number of tetrazole rings is 1. The Morgan fingerprint density at radius 3 is 2.66 bits per heavy atom. The highest BCUT2D eigenvalue weighted by Gasteiger charge is 2.36. The van der Waals surface area contributed by atoms with Crippen LogP contribution in [0.15, 0.2) is 54.6 Å². The number of carbonyl (C=O) groups excluding carboxylic acids is 1. The van der Waals surface area contributed by atoms with Crippen LogP contribution >= 0.6 is 0 Å². The number of hydrogen-bond donors (Lipinski definition) is 1. The van der Waals surface area contributed by atoms with Crippen molar-refractivity contribution in [1.29, 1.82) is 0 Å². The molecule has 0 bridgehead atoms. The van der Waals surface area contributed by atoms with Crippen LogP contribution in [0.5, 0.6) is 5.75 Å². The number of benzene rings is 2. The van der Waals surface area contributed by atoms with E-state index in [1.807, 2.05) is 25.1 Å². The number of piperidine rings is 1. The Morgan fingerprint density at radius 1 is 1.09 bits per heavy atom. The number of hydrogen-bond acceptors (Lipinski definition) is 7. The summed E-state index contributed by atoms with van der Waals surface area (Å²) in [6, 6.07) is 16.6. The van der Waals surface area contributed by atoms with Gasteiger partial charge in [0.1, 0.15) is 11.4 Å². The summed E-state index contributed by atoms with van der Waals surface area (Å²) in [6.07, 6.45) is 6.17. The molecule has 2 aliphatic heterocycles.